The van der Waals surface area contributed by atoms with Gasteiger partial charge < -0.3 is 4.42 Å². The lowest BCUT2D eigenvalue weighted by atomic mass is 10.1. The molecule has 0 bridgehead atoms. The van der Waals surface area contributed by atoms with E-state index in [1.807, 2.05) is 0 Å². The Bertz CT molecular complexity index is 966. The van der Waals surface area contributed by atoms with Crippen LogP contribution in [0.3, 0.4) is 0 Å². The second-order valence-electron chi connectivity index (χ2n) is 5.20. The van der Waals surface area contributed by atoms with E-state index in [2.05, 4.69) is 6.58 Å². The molecule has 7 nitrogen and oxygen atoms in total. The Labute approximate surface area is 157 Å². The maximum atomic E-state index is 12.2. The number of nitrogens with zero attached hydrogens (tertiary/aromatic N) is 2. The van der Waals surface area contributed by atoms with Crippen LogP contribution in [-0.2, 0) is 4.79 Å². The Morgan fingerprint density at radius 1 is 1.31 bits per heavy atom. The molecule has 3 rings (SSSR count). The molecule has 0 radical (unpaired) electrons. The number of imide groups is 1. The third kappa shape index (κ3) is 3.42. The summed E-state index contributed by atoms with van der Waals surface area (Å²) < 4.78 is 5.60. The summed E-state index contributed by atoms with van der Waals surface area (Å²) in [6.07, 6.45) is 2.89. The second-order valence-corrected chi connectivity index (χ2v) is 6.63. The number of amides is 2. The number of hydrogen-bond donors (Lipinski definition) is 0. The molecule has 1 saturated heterocycles. The maximum Gasteiger partial charge on any atom is 0.293 e. The average Bonchev–Trinajstić information content (AvgIpc) is 3.15. The molecule has 0 spiro atoms. The molecule has 0 saturated carbocycles. The summed E-state index contributed by atoms with van der Waals surface area (Å²) in [6, 6.07) is 7.36. The van der Waals surface area contributed by atoms with Gasteiger partial charge in [0.2, 0.25) is 0 Å². The summed E-state index contributed by atoms with van der Waals surface area (Å²) in [7, 11) is 0. The van der Waals surface area contributed by atoms with Gasteiger partial charge in [0.1, 0.15) is 11.5 Å². The number of carbonyl (C=O) groups excluding carboxylic acids is 2. The van der Waals surface area contributed by atoms with Crippen molar-refractivity contribution in [2.24, 2.45) is 0 Å². The summed E-state index contributed by atoms with van der Waals surface area (Å²) in [5.74, 6) is 0.119. The Hall–Kier alpha value is -2.84. The fourth-order valence-electron chi connectivity index (χ4n) is 2.36. The molecule has 2 heterocycles. The van der Waals surface area contributed by atoms with E-state index in [1.165, 1.54) is 30.4 Å². The van der Waals surface area contributed by atoms with E-state index in [-0.39, 0.29) is 38.7 Å². The van der Waals surface area contributed by atoms with Crippen LogP contribution in [0, 0.1) is 10.1 Å². The predicted octanol–water partition coefficient (Wildman–Crippen LogP) is 4.73. The summed E-state index contributed by atoms with van der Waals surface area (Å²) in [5.41, 5.74) is 0.0727. The van der Waals surface area contributed by atoms with E-state index >= 15 is 0 Å². The quantitative estimate of drug-likeness (QED) is 0.317. The first-order valence-electron chi connectivity index (χ1n) is 7.31. The van der Waals surface area contributed by atoms with Crippen LogP contribution >= 0.6 is 23.4 Å². The predicted molar refractivity (Wildman–Crippen MR) is 98.7 cm³/mol. The number of furan rings is 1. The van der Waals surface area contributed by atoms with Gasteiger partial charge in [-0.25, -0.2) is 0 Å². The normalized spacial score (nSPS) is 15.7. The minimum absolute atomic E-state index is 0.127. The Morgan fingerprint density at radius 3 is 2.77 bits per heavy atom. The molecular weight excluding hydrogens is 380 g/mol. The number of halogens is 1. The first kappa shape index (κ1) is 18.0. The lowest BCUT2D eigenvalue weighted by molar-refractivity contribution is -0.384. The summed E-state index contributed by atoms with van der Waals surface area (Å²) >= 11 is 6.60. The number of nitro groups is 1. The van der Waals surface area contributed by atoms with Gasteiger partial charge in [0.05, 0.1) is 15.4 Å². The minimum atomic E-state index is -0.552. The number of thioether (sulfide) groups is 1. The molecule has 0 unspecified atom stereocenters. The molecule has 1 aliphatic rings. The van der Waals surface area contributed by atoms with Crippen molar-refractivity contribution in [1.82, 2.24) is 4.90 Å². The zero-order valence-electron chi connectivity index (χ0n) is 13.2. The fraction of sp³-hybridized carbons (Fsp3) is 0.0588. The highest BCUT2D eigenvalue weighted by atomic mass is 35.5. The zero-order valence-corrected chi connectivity index (χ0v) is 14.7. The van der Waals surface area contributed by atoms with Crippen LogP contribution < -0.4 is 0 Å². The summed E-state index contributed by atoms with van der Waals surface area (Å²) in [5, 5.41) is 11.1. The molecule has 26 heavy (non-hydrogen) atoms. The minimum Gasteiger partial charge on any atom is -0.456 e. The molecule has 1 fully saturated rings. The number of benzene rings is 1. The molecule has 0 aliphatic carbocycles. The number of nitro benzene ring substituents is 1. The van der Waals surface area contributed by atoms with Crippen LogP contribution in [-0.4, -0.2) is 27.5 Å². The van der Waals surface area contributed by atoms with Crippen molar-refractivity contribution in [2.75, 3.05) is 6.54 Å². The third-order valence-corrected chi connectivity index (χ3v) is 4.65. The Morgan fingerprint density at radius 2 is 2.08 bits per heavy atom. The van der Waals surface area contributed by atoms with E-state index in [0.717, 1.165) is 16.7 Å². The number of carbonyl (C=O) groups is 2. The molecule has 0 atom stereocenters. The van der Waals surface area contributed by atoms with Crippen LogP contribution in [0.5, 0.6) is 0 Å². The Kier molecular flexibility index (Phi) is 4.97. The lowest BCUT2D eigenvalue weighted by Crippen LogP contribution is -2.27. The first-order valence-corrected chi connectivity index (χ1v) is 8.50. The van der Waals surface area contributed by atoms with Crippen LogP contribution in [0.4, 0.5) is 10.5 Å². The topological polar surface area (TPSA) is 93.7 Å². The van der Waals surface area contributed by atoms with Gasteiger partial charge in [-0.15, -0.1) is 6.58 Å². The molecule has 0 N–H and O–H groups in total. The highest BCUT2D eigenvalue weighted by Gasteiger charge is 2.34. The van der Waals surface area contributed by atoms with Gasteiger partial charge in [-0.05, 0) is 36.0 Å². The standard InChI is InChI=1S/C17H11ClN2O5S/c1-2-7-19-16(21)15(26-17(19)22)9-11-4-6-14(25-11)12-5-3-10(18)8-13(12)20(23)24/h2-6,8-9H,1,7H2/b15-9+. The van der Waals surface area contributed by atoms with Crippen molar-refractivity contribution in [3.05, 3.63) is 68.8 Å². The van der Waals surface area contributed by atoms with Crippen molar-refractivity contribution in [2.45, 2.75) is 0 Å². The average molecular weight is 391 g/mol. The van der Waals surface area contributed by atoms with Crippen molar-refractivity contribution in [3.63, 3.8) is 0 Å². The van der Waals surface area contributed by atoms with E-state index in [4.69, 9.17) is 16.0 Å². The van der Waals surface area contributed by atoms with E-state index < -0.39 is 10.8 Å². The highest BCUT2D eigenvalue weighted by Crippen LogP contribution is 2.36. The highest BCUT2D eigenvalue weighted by molar-refractivity contribution is 8.18. The van der Waals surface area contributed by atoms with Gasteiger partial charge in [0.25, 0.3) is 16.8 Å². The molecule has 1 aliphatic heterocycles. The van der Waals surface area contributed by atoms with Gasteiger partial charge in [0, 0.05) is 23.7 Å². The van der Waals surface area contributed by atoms with E-state index in [1.54, 1.807) is 12.1 Å². The van der Waals surface area contributed by atoms with Crippen molar-refractivity contribution in [3.8, 4) is 11.3 Å². The molecule has 132 valence electrons. The van der Waals surface area contributed by atoms with E-state index in [9.17, 15) is 19.7 Å². The largest absolute Gasteiger partial charge is 0.456 e. The molecule has 9 heteroatoms. The first-order chi connectivity index (χ1) is 12.4. The smallest absolute Gasteiger partial charge is 0.293 e. The summed E-state index contributed by atoms with van der Waals surface area (Å²) in [4.78, 5) is 35.9. The number of hydrogen-bond acceptors (Lipinski definition) is 6. The van der Waals surface area contributed by atoms with Crippen LogP contribution in [0.2, 0.25) is 5.02 Å². The van der Waals surface area contributed by atoms with Crippen LogP contribution in [0.15, 0.2) is 52.3 Å². The van der Waals surface area contributed by atoms with Gasteiger partial charge >= 0.3 is 0 Å². The Balaban J connectivity index is 1.92. The van der Waals surface area contributed by atoms with Gasteiger partial charge in [-0.1, -0.05) is 17.7 Å². The fourth-order valence-corrected chi connectivity index (χ4v) is 3.35. The maximum absolute atomic E-state index is 12.2. The lowest BCUT2D eigenvalue weighted by Gasteiger charge is -2.07. The summed E-state index contributed by atoms with van der Waals surface area (Å²) in [6.45, 7) is 3.64. The van der Waals surface area contributed by atoms with Crippen LogP contribution in [0.25, 0.3) is 17.4 Å². The SMILES string of the molecule is C=CCN1C(=O)S/C(=C/c2ccc(-c3ccc(Cl)cc3[N+](=O)[O-])o2)C1=O. The van der Waals surface area contributed by atoms with Crippen molar-refractivity contribution >= 4 is 46.3 Å². The number of rotatable bonds is 5. The molecule has 2 amide bonds. The molecule has 2 aromatic rings. The van der Waals surface area contributed by atoms with Gasteiger partial charge in [-0.3, -0.25) is 24.6 Å². The van der Waals surface area contributed by atoms with Crippen LogP contribution in [0.1, 0.15) is 5.76 Å². The van der Waals surface area contributed by atoms with Gasteiger partial charge in [0.15, 0.2) is 0 Å². The molecular formula is C17H11ClN2O5S. The monoisotopic (exact) mass is 390 g/mol. The second kappa shape index (κ2) is 7.19. The zero-order chi connectivity index (χ0) is 18.8. The molecule has 1 aromatic carbocycles. The van der Waals surface area contributed by atoms with Gasteiger partial charge in [-0.2, -0.15) is 0 Å². The van der Waals surface area contributed by atoms with E-state index in [0.29, 0.717) is 5.76 Å². The van der Waals surface area contributed by atoms with Crippen molar-refractivity contribution in [1.29, 1.82) is 0 Å². The molecule has 1 aromatic heterocycles. The third-order valence-electron chi connectivity index (χ3n) is 3.51. The van der Waals surface area contributed by atoms with Crippen molar-refractivity contribution < 1.29 is 18.9 Å².